The highest BCUT2D eigenvalue weighted by molar-refractivity contribution is 6.31. The molecule has 0 spiro atoms. The van der Waals surface area contributed by atoms with E-state index in [9.17, 15) is 4.79 Å². The largest absolute Gasteiger partial charge is 0.360 e. The van der Waals surface area contributed by atoms with E-state index in [0.717, 1.165) is 37.0 Å². The monoisotopic (exact) mass is 358 g/mol. The fourth-order valence-corrected chi connectivity index (χ4v) is 4.07. The van der Waals surface area contributed by atoms with Crippen LogP contribution in [0.5, 0.6) is 0 Å². The summed E-state index contributed by atoms with van der Waals surface area (Å²) in [5.74, 6) is 1.52. The summed E-state index contributed by atoms with van der Waals surface area (Å²) in [7, 11) is 0. The number of aromatic nitrogens is 1. The van der Waals surface area contributed by atoms with Crippen molar-refractivity contribution in [2.24, 2.45) is 5.92 Å². The van der Waals surface area contributed by atoms with Gasteiger partial charge in [0, 0.05) is 17.0 Å². The third kappa shape index (κ3) is 3.74. The molecule has 1 aromatic heterocycles. The summed E-state index contributed by atoms with van der Waals surface area (Å²) in [5, 5.41) is 7.86. The smallest absolute Gasteiger partial charge is 0.273 e. The van der Waals surface area contributed by atoms with E-state index in [1.165, 1.54) is 19.3 Å². The number of benzene rings is 1. The average Bonchev–Trinajstić information content (AvgIpc) is 3.38. The number of amides is 1. The Balaban J connectivity index is 1.56. The summed E-state index contributed by atoms with van der Waals surface area (Å²) < 4.78 is 5.33. The Morgan fingerprint density at radius 3 is 2.64 bits per heavy atom. The van der Waals surface area contributed by atoms with Crippen molar-refractivity contribution in [3.8, 4) is 0 Å². The molecule has 2 saturated carbocycles. The molecule has 1 atom stereocenters. The first kappa shape index (κ1) is 16.6. The first-order chi connectivity index (χ1) is 12.2. The lowest BCUT2D eigenvalue weighted by Gasteiger charge is -2.31. The molecule has 0 radical (unpaired) electrons. The molecule has 0 aliphatic heterocycles. The van der Waals surface area contributed by atoms with Crippen LogP contribution in [0.3, 0.4) is 0 Å². The van der Waals surface area contributed by atoms with E-state index in [1.807, 2.05) is 24.3 Å². The standard InChI is InChI=1S/C20H23ClN2O2/c21-16-9-5-4-8-15(16)19(14-6-2-1-3-7-14)22-20(24)17-12-18(25-23-17)13-10-11-13/h4-5,8-9,12-14,19H,1-3,6-7,10-11H2,(H,22,24). The average molecular weight is 359 g/mol. The van der Waals surface area contributed by atoms with Gasteiger partial charge >= 0.3 is 0 Å². The minimum atomic E-state index is -0.175. The van der Waals surface area contributed by atoms with Crippen LogP contribution in [-0.2, 0) is 0 Å². The Morgan fingerprint density at radius 2 is 1.92 bits per heavy atom. The summed E-state index contributed by atoms with van der Waals surface area (Å²) >= 11 is 6.44. The van der Waals surface area contributed by atoms with Crippen LogP contribution >= 0.6 is 11.6 Å². The molecule has 0 bridgehead atoms. The van der Waals surface area contributed by atoms with Crippen LogP contribution in [0.4, 0.5) is 0 Å². The molecule has 5 heteroatoms. The molecular weight excluding hydrogens is 336 g/mol. The first-order valence-corrected chi connectivity index (χ1v) is 9.62. The van der Waals surface area contributed by atoms with Crippen molar-refractivity contribution in [2.45, 2.75) is 56.9 Å². The number of hydrogen-bond donors (Lipinski definition) is 1. The minimum Gasteiger partial charge on any atom is -0.360 e. The molecular formula is C20H23ClN2O2. The Labute approximate surface area is 152 Å². The fraction of sp³-hybridized carbons (Fsp3) is 0.500. The van der Waals surface area contributed by atoms with E-state index in [1.54, 1.807) is 6.07 Å². The van der Waals surface area contributed by atoms with Gasteiger partial charge in [0.15, 0.2) is 5.69 Å². The molecule has 2 fully saturated rings. The molecule has 132 valence electrons. The molecule has 2 aliphatic rings. The van der Waals surface area contributed by atoms with E-state index in [0.29, 0.717) is 22.6 Å². The molecule has 1 heterocycles. The van der Waals surface area contributed by atoms with E-state index in [-0.39, 0.29) is 11.9 Å². The van der Waals surface area contributed by atoms with Gasteiger partial charge in [0.2, 0.25) is 0 Å². The predicted octanol–water partition coefficient (Wildman–Crippen LogP) is 5.26. The maximum absolute atomic E-state index is 12.8. The van der Waals surface area contributed by atoms with Crippen LogP contribution in [0.15, 0.2) is 34.9 Å². The highest BCUT2D eigenvalue weighted by Crippen LogP contribution is 2.40. The SMILES string of the molecule is O=C(NC(c1ccccc1Cl)C1CCCCC1)c1cc(C2CC2)on1. The molecule has 2 aliphatic carbocycles. The maximum Gasteiger partial charge on any atom is 0.273 e. The normalized spacial score (nSPS) is 19.6. The number of hydrogen-bond acceptors (Lipinski definition) is 3. The number of rotatable bonds is 5. The van der Waals surface area contributed by atoms with Gasteiger partial charge in [-0.15, -0.1) is 0 Å². The summed E-state index contributed by atoms with van der Waals surface area (Å²) in [6, 6.07) is 9.51. The van der Waals surface area contributed by atoms with Crippen LogP contribution in [-0.4, -0.2) is 11.1 Å². The Hall–Kier alpha value is -1.81. The third-order valence-corrected chi connectivity index (χ3v) is 5.73. The number of carbonyl (C=O) groups is 1. The molecule has 1 N–H and O–H groups in total. The second-order valence-corrected chi connectivity index (χ2v) is 7.67. The van der Waals surface area contributed by atoms with Crippen molar-refractivity contribution in [3.63, 3.8) is 0 Å². The quantitative estimate of drug-likeness (QED) is 0.793. The highest BCUT2D eigenvalue weighted by Gasteiger charge is 2.31. The van der Waals surface area contributed by atoms with E-state index < -0.39 is 0 Å². The van der Waals surface area contributed by atoms with E-state index in [2.05, 4.69) is 10.5 Å². The molecule has 0 saturated heterocycles. The molecule has 2 aromatic rings. The van der Waals surface area contributed by atoms with Crippen LogP contribution in [0.25, 0.3) is 0 Å². The van der Waals surface area contributed by atoms with Gasteiger partial charge in [-0.25, -0.2) is 0 Å². The van der Waals surface area contributed by atoms with Gasteiger partial charge in [-0.05, 0) is 43.2 Å². The molecule has 4 rings (SSSR count). The van der Waals surface area contributed by atoms with E-state index >= 15 is 0 Å². The van der Waals surface area contributed by atoms with Gasteiger partial charge in [0.1, 0.15) is 5.76 Å². The fourth-order valence-electron chi connectivity index (χ4n) is 3.82. The molecule has 1 aromatic carbocycles. The summed E-state index contributed by atoms with van der Waals surface area (Å²) in [5.41, 5.74) is 1.37. The summed E-state index contributed by atoms with van der Waals surface area (Å²) in [6.45, 7) is 0. The van der Waals surface area contributed by atoms with Crippen molar-refractivity contribution >= 4 is 17.5 Å². The highest BCUT2D eigenvalue weighted by atomic mass is 35.5. The van der Waals surface area contributed by atoms with Crippen molar-refractivity contribution in [1.29, 1.82) is 0 Å². The zero-order valence-corrected chi connectivity index (χ0v) is 15.0. The molecule has 4 nitrogen and oxygen atoms in total. The van der Waals surface area contributed by atoms with Gasteiger partial charge in [0.05, 0.1) is 6.04 Å². The molecule has 25 heavy (non-hydrogen) atoms. The third-order valence-electron chi connectivity index (χ3n) is 5.39. The van der Waals surface area contributed by atoms with Crippen molar-refractivity contribution in [3.05, 3.63) is 52.4 Å². The Kier molecular flexibility index (Phi) is 4.80. The minimum absolute atomic E-state index is 0.0809. The lowest BCUT2D eigenvalue weighted by Crippen LogP contribution is -2.34. The van der Waals surface area contributed by atoms with Crippen molar-refractivity contribution in [1.82, 2.24) is 10.5 Å². The zero-order chi connectivity index (χ0) is 17.2. The lowest BCUT2D eigenvalue weighted by molar-refractivity contribution is 0.0903. The molecule has 1 unspecified atom stereocenters. The molecule has 1 amide bonds. The number of nitrogens with one attached hydrogen (secondary N) is 1. The second kappa shape index (κ2) is 7.20. The van der Waals surface area contributed by atoms with Crippen molar-refractivity contribution in [2.75, 3.05) is 0 Å². The second-order valence-electron chi connectivity index (χ2n) is 7.26. The number of halogens is 1. The number of carbonyl (C=O) groups excluding carboxylic acids is 1. The topological polar surface area (TPSA) is 55.1 Å². The van der Waals surface area contributed by atoms with Gasteiger partial charge in [-0.2, -0.15) is 0 Å². The van der Waals surface area contributed by atoms with Gasteiger partial charge in [0.25, 0.3) is 5.91 Å². The zero-order valence-electron chi connectivity index (χ0n) is 14.2. The van der Waals surface area contributed by atoms with Gasteiger partial charge < -0.3 is 9.84 Å². The van der Waals surface area contributed by atoms with Crippen LogP contribution in [0.2, 0.25) is 5.02 Å². The van der Waals surface area contributed by atoms with Crippen molar-refractivity contribution < 1.29 is 9.32 Å². The van der Waals surface area contributed by atoms with Gasteiger partial charge in [-0.1, -0.05) is 54.2 Å². The lowest BCUT2D eigenvalue weighted by atomic mass is 9.81. The predicted molar refractivity (Wildman–Crippen MR) is 96.7 cm³/mol. The van der Waals surface area contributed by atoms with Gasteiger partial charge in [-0.3, -0.25) is 4.79 Å². The Morgan fingerprint density at radius 1 is 1.16 bits per heavy atom. The van der Waals surface area contributed by atoms with Crippen LogP contribution < -0.4 is 5.32 Å². The Bertz CT molecular complexity index is 748. The summed E-state index contributed by atoms with van der Waals surface area (Å²) in [6.07, 6.45) is 8.16. The number of nitrogens with zero attached hydrogens (tertiary/aromatic N) is 1. The van der Waals surface area contributed by atoms with E-state index in [4.69, 9.17) is 16.1 Å². The van der Waals surface area contributed by atoms with Crippen LogP contribution in [0, 0.1) is 5.92 Å². The van der Waals surface area contributed by atoms with Crippen LogP contribution in [0.1, 0.15) is 78.7 Å². The summed E-state index contributed by atoms with van der Waals surface area (Å²) in [4.78, 5) is 12.8. The maximum atomic E-state index is 12.8. The first-order valence-electron chi connectivity index (χ1n) is 9.24.